The van der Waals surface area contributed by atoms with Gasteiger partial charge in [-0.05, 0) is 26.0 Å². The molecule has 0 spiro atoms. The smallest absolute Gasteiger partial charge is 0.263 e. The zero-order valence-electron chi connectivity index (χ0n) is 16.4. The number of carbonyl (C=O) groups excluding carboxylic acids is 1. The Morgan fingerprint density at radius 2 is 2.17 bits per heavy atom. The molecular weight excluding hydrogens is 370 g/mol. The monoisotopic (exact) mass is 397 g/mol. The summed E-state index contributed by atoms with van der Waals surface area (Å²) in [6.45, 7) is 2.24. The number of rotatable bonds is 6. The van der Waals surface area contributed by atoms with Gasteiger partial charge in [0.15, 0.2) is 0 Å². The molecule has 0 radical (unpaired) electrons. The topological polar surface area (TPSA) is 158 Å². The van der Waals surface area contributed by atoms with Crippen molar-refractivity contribution in [1.29, 1.82) is 5.41 Å². The van der Waals surface area contributed by atoms with Gasteiger partial charge in [0.1, 0.15) is 17.2 Å². The third kappa shape index (κ3) is 4.98. The number of nitrogens with one attached hydrogen (secondary N) is 4. The Kier molecular flexibility index (Phi) is 6.57. The second-order valence-corrected chi connectivity index (χ2v) is 6.96. The highest BCUT2D eigenvalue weighted by Gasteiger charge is 2.23. The minimum absolute atomic E-state index is 0.0310. The number of hydrogen-bond acceptors (Lipinski definition) is 8. The van der Waals surface area contributed by atoms with Gasteiger partial charge in [0, 0.05) is 49.9 Å². The largest absolute Gasteiger partial charge is 0.383 e. The maximum absolute atomic E-state index is 12.9. The van der Waals surface area contributed by atoms with Crippen LogP contribution in [0.5, 0.6) is 0 Å². The van der Waals surface area contributed by atoms with Gasteiger partial charge in [-0.1, -0.05) is 0 Å². The van der Waals surface area contributed by atoms with Gasteiger partial charge in [0.2, 0.25) is 0 Å². The predicted molar refractivity (Wildman–Crippen MR) is 115 cm³/mol. The zero-order chi connectivity index (χ0) is 20.8. The molecule has 0 aromatic carbocycles. The number of amidine groups is 1. The van der Waals surface area contributed by atoms with E-state index >= 15 is 0 Å². The second kappa shape index (κ2) is 9.30. The van der Waals surface area contributed by atoms with Crippen LogP contribution >= 0.6 is 0 Å². The zero-order valence-corrected chi connectivity index (χ0v) is 16.4. The molecule has 0 atom stereocenters. The molecule has 10 heteroatoms. The molecule has 3 heterocycles. The Morgan fingerprint density at radius 1 is 1.41 bits per heavy atom. The van der Waals surface area contributed by atoms with Gasteiger partial charge in [-0.15, -0.1) is 0 Å². The van der Waals surface area contributed by atoms with Crippen LogP contribution in [-0.4, -0.2) is 55.7 Å². The van der Waals surface area contributed by atoms with Gasteiger partial charge in [-0.2, -0.15) is 0 Å². The molecule has 2 aliphatic heterocycles. The fourth-order valence-electron chi connectivity index (χ4n) is 3.26. The summed E-state index contributed by atoms with van der Waals surface area (Å²) in [5, 5.41) is 16.7. The van der Waals surface area contributed by atoms with E-state index < -0.39 is 5.91 Å². The van der Waals surface area contributed by atoms with Crippen molar-refractivity contribution in [1.82, 2.24) is 15.6 Å². The molecule has 0 aliphatic carbocycles. The van der Waals surface area contributed by atoms with E-state index in [9.17, 15) is 4.79 Å². The quantitative estimate of drug-likeness (QED) is 0.222. The SMILES string of the molecule is CNCC1=CN/C(=C(/C(=N)N)C(=O)Nc2cnccc2N2CCC(N)CC2)N=C1. The van der Waals surface area contributed by atoms with Crippen molar-refractivity contribution in [3.63, 3.8) is 0 Å². The average molecular weight is 397 g/mol. The number of aliphatic imine (C=N–C) groups is 1. The highest BCUT2D eigenvalue weighted by Crippen LogP contribution is 2.27. The fourth-order valence-corrected chi connectivity index (χ4v) is 3.26. The van der Waals surface area contributed by atoms with Crippen LogP contribution in [0.15, 0.2) is 46.6 Å². The lowest BCUT2D eigenvalue weighted by atomic mass is 10.1. The Hall–Kier alpha value is -3.24. The number of hydrogen-bond donors (Lipinski definition) is 6. The standard InChI is InChI=1S/C19H27N9O/c1-23-8-12-9-25-18(26-10-12)16(17(21)22)19(29)27-14-11-24-5-2-15(14)28-6-3-13(20)4-7-28/h2,5,9-11,13,23,25H,3-4,6-8,20H2,1H3,(H3,21,22)(H,27,29)/b18-16+. The van der Waals surface area contributed by atoms with E-state index in [2.05, 4.69) is 30.8 Å². The highest BCUT2D eigenvalue weighted by atomic mass is 16.1. The van der Waals surface area contributed by atoms with Gasteiger partial charge in [-0.25, -0.2) is 4.99 Å². The van der Waals surface area contributed by atoms with Crippen LogP contribution in [0.4, 0.5) is 11.4 Å². The molecule has 1 amide bonds. The molecule has 0 saturated carbocycles. The molecule has 1 fully saturated rings. The molecule has 0 unspecified atom stereocenters. The Labute approximate surface area is 169 Å². The molecule has 2 aliphatic rings. The molecule has 29 heavy (non-hydrogen) atoms. The summed E-state index contributed by atoms with van der Waals surface area (Å²) >= 11 is 0. The maximum Gasteiger partial charge on any atom is 0.263 e. The van der Waals surface area contributed by atoms with E-state index in [0.29, 0.717) is 12.2 Å². The molecule has 154 valence electrons. The summed E-state index contributed by atoms with van der Waals surface area (Å²) in [5.41, 5.74) is 14.0. The first-order valence-corrected chi connectivity index (χ1v) is 9.48. The van der Waals surface area contributed by atoms with Crippen LogP contribution < -0.4 is 32.3 Å². The minimum Gasteiger partial charge on any atom is -0.383 e. The van der Waals surface area contributed by atoms with Gasteiger partial charge < -0.3 is 32.3 Å². The summed E-state index contributed by atoms with van der Waals surface area (Å²) in [6.07, 6.45) is 8.40. The van der Waals surface area contributed by atoms with E-state index in [0.717, 1.165) is 37.2 Å². The highest BCUT2D eigenvalue weighted by molar-refractivity contribution is 6.24. The van der Waals surface area contributed by atoms with Crippen molar-refractivity contribution >= 4 is 29.3 Å². The van der Waals surface area contributed by atoms with Crippen molar-refractivity contribution in [3.8, 4) is 0 Å². The molecular formula is C19H27N9O. The molecule has 1 saturated heterocycles. The molecule has 3 rings (SSSR count). The van der Waals surface area contributed by atoms with Crippen LogP contribution in [0.3, 0.4) is 0 Å². The first-order chi connectivity index (χ1) is 14.0. The molecule has 1 aromatic rings. The molecule has 8 N–H and O–H groups in total. The number of nitrogens with two attached hydrogens (primary N) is 2. The first kappa shape index (κ1) is 20.5. The van der Waals surface area contributed by atoms with E-state index in [1.807, 2.05) is 13.1 Å². The van der Waals surface area contributed by atoms with Crippen molar-refractivity contribution < 1.29 is 4.79 Å². The Bertz CT molecular complexity index is 866. The summed E-state index contributed by atoms with van der Waals surface area (Å²) in [6, 6.07) is 2.06. The van der Waals surface area contributed by atoms with E-state index in [4.69, 9.17) is 16.9 Å². The predicted octanol–water partition coefficient (Wildman–Crippen LogP) is -0.128. The van der Waals surface area contributed by atoms with Gasteiger partial charge in [0.25, 0.3) is 5.91 Å². The Balaban J connectivity index is 1.81. The fraction of sp³-hybridized carbons (Fsp3) is 0.368. The van der Waals surface area contributed by atoms with Crippen LogP contribution in [0, 0.1) is 5.41 Å². The minimum atomic E-state index is -0.523. The third-order valence-electron chi connectivity index (χ3n) is 4.79. The van der Waals surface area contributed by atoms with Crippen molar-refractivity contribution in [3.05, 3.63) is 41.6 Å². The molecule has 1 aromatic heterocycles. The number of nitrogens with zero attached hydrogens (tertiary/aromatic N) is 3. The summed E-state index contributed by atoms with van der Waals surface area (Å²) in [5.74, 6) is -0.670. The van der Waals surface area contributed by atoms with E-state index in [1.165, 1.54) is 0 Å². The van der Waals surface area contributed by atoms with Gasteiger partial charge >= 0.3 is 0 Å². The summed E-state index contributed by atoms with van der Waals surface area (Å²) < 4.78 is 0. The number of carbonyl (C=O) groups is 1. The Morgan fingerprint density at radius 3 is 2.79 bits per heavy atom. The van der Waals surface area contributed by atoms with Crippen molar-refractivity contribution in [2.75, 3.05) is 36.9 Å². The number of amides is 1. The van der Waals surface area contributed by atoms with Gasteiger partial charge in [0.05, 0.1) is 17.6 Å². The molecule has 10 nitrogen and oxygen atoms in total. The number of likely N-dealkylation sites (N-methyl/N-ethyl adjacent to an activating group) is 1. The maximum atomic E-state index is 12.9. The summed E-state index contributed by atoms with van der Waals surface area (Å²) in [4.78, 5) is 23.5. The third-order valence-corrected chi connectivity index (χ3v) is 4.79. The lowest BCUT2D eigenvalue weighted by Crippen LogP contribution is -2.40. The van der Waals surface area contributed by atoms with Crippen LogP contribution in [0.25, 0.3) is 0 Å². The van der Waals surface area contributed by atoms with Crippen LogP contribution in [0.1, 0.15) is 12.8 Å². The van der Waals surface area contributed by atoms with Crippen molar-refractivity contribution in [2.24, 2.45) is 16.5 Å². The van der Waals surface area contributed by atoms with Crippen LogP contribution in [0.2, 0.25) is 0 Å². The second-order valence-electron chi connectivity index (χ2n) is 6.96. The lowest BCUT2D eigenvalue weighted by molar-refractivity contribution is -0.112. The van der Waals surface area contributed by atoms with Crippen molar-refractivity contribution in [2.45, 2.75) is 18.9 Å². The normalized spacial score (nSPS) is 18.7. The number of piperidine rings is 1. The van der Waals surface area contributed by atoms with E-state index in [1.54, 1.807) is 24.8 Å². The summed E-state index contributed by atoms with van der Waals surface area (Å²) in [7, 11) is 1.83. The van der Waals surface area contributed by atoms with Gasteiger partial charge in [-0.3, -0.25) is 15.2 Å². The number of aromatic nitrogens is 1. The number of anilines is 2. The lowest BCUT2D eigenvalue weighted by Gasteiger charge is -2.33. The van der Waals surface area contributed by atoms with Crippen LogP contribution in [-0.2, 0) is 4.79 Å². The number of pyridine rings is 1. The average Bonchev–Trinajstić information content (AvgIpc) is 2.70. The first-order valence-electron chi connectivity index (χ1n) is 9.48. The molecule has 0 bridgehead atoms. The van der Waals surface area contributed by atoms with E-state index in [-0.39, 0.29) is 23.3 Å².